The van der Waals surface area contributed by atoms with Crippen molar-refractivity contribution in [2.24, 2.45) is 0 Å². The molecule has 26 heavy (non-hydrogen) atoms. The smallest absolute Gasteiger partial charge is 0.217 e. The SMILES string of the molecule is CC1COCCN1c1cc(OC(C)(C)C)nc(N2CCS(=O)(=O)CC2)c1. The summed E-state index contributed by atoms with van der Waals surface area (Å²) < 4.78 is 35.1. The third kappa shape index (κ3) is 4.79. The standard InChI is InChI=1S/C18H29N3O4S/c1-14-13-24-8-5-21(14)15-11-16(19-17(12-15)25-18(2,3)4)20-6-9-26(22,23)10-7-20/h11-12,14H,5-10,13H2,1-4H3. The van der Waals surface area contributed by atoms with Gasteiger partial charge < -0.3 is 19.3 Å². The highest BCUT2D eigenvalue weighted by atomic mass is 32.2. The summed E-state index contributed by atoms with van der Waals surface area (Å²) in [5, 5.41) is 0. The van der Waals surface area contributed by atoms with E-state index in [0.29, 0.717) is 32.2 Å². The summed E-state index contributed by atoms with van der Waals surface area (Å²) in [5.41, 5.74) is 0.684. The van der Waals surface area contributed by atoms with Crippen LogP contribution in [0.2, 0.25) is 0 Å². The van der Waals surface area contributed by atoms with Crippen molar-refractivity contribution in [3.05, 3.63) is 12.1 Å². The van der Waals surface area contributed by atoms with Gasteiger partial charge in [-0.05, 0) is 27.7 Å². The molecule has 1 aromatic rings. The van der Waals surface area contributed by atoms with E-state index < -0.39 is 9.84 Å². The van der Waals surface area contributed by atoms with Crippen molar-refractivity contribution in [3.8, 4) is 5.88 Å². The number of nitrogens with zero attached hydrogens (tertiary/aromatic N) is 3. The highest BCUT2D eigenvalue weighted by Gasteiger charge is 2.26. The summed E-state index contributed by atoms with van der Waals surface area (Å²) in [6.07, 6.45) is 0. The second-order valence-corrected chi connectivity index (χ2v) is 10.3. The third-order valence-electron chi connectivity index (χ3n) is 4.55. The molecular weight excluding hydrogens is 354 g/mol. The van der Waals surface area contributed by atoms with E-state index in [-0.39, 0.29) is 23.1 Å². The fourth-order valence-electron chi connectivity index (χ4n) is 3.22. The summed E-state index contributed by atoms with van der Waals surface area (Å²) in [6, 6.07) is 4.27. The lowest BCUT2D eigenvalue weighted by Gasteiger charge is -2.36. The van der Waals surface area contributed by atoms with Gasteiger partial charge in [-0.2, -0.15) is 4.98 Å². The van der Waals surface area contributed by atoms with E-state index in [2.05, 4.69) is 16.8 Å². The van der Waals surface area contributed by atoms with E-state index in [0.717, 1.165) is 18.1 Å². The van der Waals surface area contributed by atoms with Crippen LogP contribution in [-0.2, 0) is 14.6 Å². The van der Waals surface area contributed by atoms with Crippen LogP contribution in [0.5, 0.6) is 5.88 Å². The van der Waals surface area contributed by atoms with E-state index in [9.17, 15) is 8.42 Å². The van der Waals surface area contributed by atoms with Crippen molar-refractivity contribution >= 4 is 21.3 Å². The van der Waals surface area contributed by atoms with Gasteiger partial charge in [-0.15, -0.1) is 0 Å². The molecule has 3 heterocycles. The number of hydrogen-bond donors (Lipinski definition) is 0. The Morgan fingerprint density at radius 3 is 2.50 bits per heavy atom. The van der Waals surface area contributed by atoms with Crippen LogP contribution in [0, 0.1) is 0 Å². The van der Waals surface area contributed by atoms with Gasteiger partial charge >= 0.3 is 0 Å². The first-order chi connectivity index (χ1) is 12.1. The lowest BCUT2D eigenvalue weighted by atomic mass is 10.2. The van der Waals surface area contributed by atoms with E-state index in [4.69, 9.17) is 9.47 Å². The fraction of sp³-hybridized carbons (Fsp3) is 0.722. The van der Waals surface area contributed by atoms with Crippen molar-refractivity contribution in [1.29, 1.82) is 0 Å². The number of ether oxygens (including phenoxy) is 2. The Balaban J connectivity index is 1.92. The van der Waals surface area contributed by atoms with Gasteiger partial charge in [0.15, 0.2) is 9.84 Å². The Morgan fingerprint density at radius 2 is 1.88 bits per heavy atom. The van der Waals surface area contributed by atoms with Crippen molar-refractivity contribution in [1.82, 2.24) is 4.98 Å². The summed E-state index contributed by atoms with van der Waals surface area (Å²) in [6.45, 7) is 11.2. The molecule has 146 valence electrons. The first-order valence-corrected chi connectivity index (χ1v) is 11.0. The second-order valence-electron chi connectivity index (χ2n) is 7.99. The highest BCUT2D eigenvalue weighted by Crippen LogP contribution is 2.30. The van der Waals surface area contributed by atoms with Gasteiger partial charge in [-0.25, -0.2) is 8.42 Å². The second kappa shape index (κ2) is 7.23. The van der Waals surface area contributed by atoms with E-state index >= 15 is 0 Å². The zero-order valence-electron chi connectivity index (χ0n) is 16.1. The minimum Gasteiger partial charge on any atom is -0.472 e. The Bertz CT molecular complexity index is 731. The van der Waals surface area contributed by atoms with Crippen LogP contribution in [0.4, 0.5) is 11.5 Å². The van der Waals surface area contributed by atoms with Gasteiger partial charge in [0, 0.05) is 43.5 Å². The van der Waals surface area contributed by atoms with Crippen LogP contribution in [0.15, 0.2) is 12.1 Å². The van der Waals surface area contributed by atoms with E-state index in [1.54, 1.807) is 0 Å². The zero-order valence-corrected chi connectivity index (χ0v) is 16.9. The van der Waals surface area contributed by atoms with Crippen LogP contribution in [-0.4, -0.2) is 69.4 Å². The number of morpholine rings is 1. The number of rotatable bonds is 3. The molecule has 2 fully saturated rings. The molecule has 0 bridgehead atoms. The Morgan fingerprint density at radius 1 is 1.19 bits per heavy atom. The summed E-state index contributed by atoms with van der Waals surface area (Å²) in [5.74, 6) is 1.68. The summed E-state index contributed by atoms with van der Waals surface area (Å²) >= 11 is 0. The molecule has 1 aromatic heterocycles. The van der Waals surface area contributed by atoms with E-state index in [1.165, 1.54) is 0 Å². The normalized spacial score (nSPS) is 23.8. The van der Waals surface area contributed by atoms with Crippen molar-refractivity contribution in [3.63, 3.8) is 0 Å². The predicted molar refractivity (Wildman–Crippen MR) is 103 cm³/mol. The minimum absolute atomic E-state index is 0.169. The van der Waals surface area contributed by atoms with Crippen LogP contribution >= 0.6 is 0 Å². The zero-order chi connectivity index (χ0) is 18.9. The van der Waals surface area contributed by atoms with Gasteiger partial charge in [0.1, 0.15) is 11.4 Å². The number of sulfone groups is 1. The lowest BCUT2D eigenvalue weighted by molar-refractivity contribution is 0.0986. The number of aromatic nitrogens is 1. The first kappa shape index (κ1) is 19.2. The molecule has 1 atom stereocenters. The van der Waals surface area contributed by atoms with Crippen molar-refractivity contribution < 1.29 is 17.9 Å². The lowest BCUT2D eigenvalue weighted by Crippen LogP contribution is -2.44. The molecule has 0 N–H and O–H groups in total. The first-order valence-electron chi connectivity index (χ1n) is 9.14. The maximum Gasteiger partial charge on any atom is 0.217 e. The van der Waals surface area contributed by atoms with Gasteiger partial charge in [0.2, 0.25) is 5.88 Å². The molecule has 7 nitrogen and oxygen atoms in total. The molecule has 2 aliphatic heterocycles. The average molecular weight is 384 g/mol. The van der Waals surface area contributed by atoms with Crippen LogP contribution in [0.25, 0.3) is 0 Å². The fourth-order valence-corrected chi connectivity index (χ4v) is 4.43. The Labute approximate surface area is 156 Å². The largest absolute Gasteiger partial charge is 0.472 e. The van der Waals surface area contributed by atoms with Gasteiger partial charge in [-0.1, -0.05) is 0 Å². The number of pyridine rings is 1. The third-order valence-corrected chi connectivity index (χ3v) is 6.16. The Hall–Kier alpha value is -1.54. The van der Waals surface area contributed by atoms with Gasteiger partial charge in [0.05, 0.1) is 24.7 Å². The molecule has 3 rings (SSSR count). The topological polar surface area (TPSA) is 72.0 Å². The minimum atomic E-state index is -2.93. The molecule has 1 unspecified atom stereocenters. The van der Waals surface area contributed by atoms with Crippen molar-refractivity contribution in [2.75, 3.05) is 54.2 Å². The predicted octanol–water partition coefficient (Wildman–Crippen LogP) is 1.72. The van der Waals surface area contributed by atoms with Crippen molar-refractivity contribution in [2.45, 2.75) is 39.3 Å². The van der Waals surface area contributed by atoms with Crippen LogP contribution < -0.4 is 14.5 Å². The molecule has 0 aromatic carbocycles. The molecule has 0 radical (unpaired) electrons. The maximum atomic E-state index is 11.7. The Kier molecular flexibility index (Phi) is 5.35. The number of anilines is 2. The molecular formula is C18H29N3O4S. The summed E-state index contributed by atoms with van der Waals surface area (Å²) in [7, 11) is -2.93. The highest BCUT2D eigenvalue weighted by molar-refractivity contribution is 7.91. The molecule has 2 saturated heterocycles. The maximum absolute atomic E-state index is 11.7. The van der Waals surface area contributed by atoms with Crippen LogP contribution in [0.1, 0.15) is 27.7 Å². The quantitative estimate of drug-likeness (QED) is 0.787. The van der Waals surface area contributed by atoms with Crippen LogP contribution in [0.3, 0.4) is 0 Å². The molecule has 0 spiro atoms. The van der Waals surface area contributed by atoms with Gasteiger partial charge in [0.25, 0.3) is 0 Å². The molecule has 0 saturated carbocycles. The molecule has 0 amide bonds. The monoisotopic (exact) mass is 383 g/mol. The molecule has 0 aliphatic carbocycles. The molecule has 8 heteroatoms. The summed E-state index contributed by atoms with van der Waals surface area (Å²) in [4.78, 5) is 8.99. The average Bonchev–Trinajstić information content (AvgIpc) is 2.53. The van der Waals surface area contributed by atoms with E-state index in [1.807, 2.05) is 37.8 Å². The number of hydrogen-bond acceptors (Lipinski definition) is 7. The van der Waals surface area contributed by atoms with Gasteiger partial charge in [-0.3, -0.25) is 0 Å². The molecule has 2 aliphatic rings.